The van der Waals surface area contributed by atoms with Gasteiger partial charge < -0.3 is 9.47 Å². The maximum atomic E-state index is 12.6. The van der Waals surface area contributed by atoms with Gasteiger partial charge in [-0.1, -0.05) is 0 Å². The molecule has 0 unspecified atom stereocenters. The molecule has 0 aromatic carbocycles. The second-order valence-electron chi connectivity index (χ2n) is 2.87. The molecule has 0 aliphatic heterocycles. The van der Waals surface area contributed by atoms with Crippen LogP contribution < -0.4 is 0 Å². The Morgan fingerprint density at radius 2 is 1.57 bits per heavy atom. The van der Waals surface area contributed by atoms with Crippen molar-refractivity contribution < 1.29 is 27.8 Å². The molecule has 0 spiro atoms. The number of rotatable bonds is 4. The van der Waals surface area contributed by atoms with Crippen LogP contribution in [0.4, 0.5) is 8.78 Å². The number of ether oxygens (including phenoxy) is 2. The van der Waals surface area contributed by atoms with Gasteiger partial charge in [-0.15, -0.1) is 0 Å². The summed E-state index contributed by atoms with van der Waals surface area (Å²) in [5, 5.41) is 0. The van der Waals surface area contributed by atoms with Gasteiger partial charge in [0.2, 0.25) is 5.92 Å². The van der Waals surface area contributed by atoms with Crippen molar-refractivity contribution >= 4 is 11.9 Å². The third-order valence-corrected chi connectivity index (χ3v) is 1.53. The van der Waals surface area contributed by atoms with Gasteiger partial charge in [-0.25, -0.2) is 8.78 Å². The Balaban J connectivity index is 4.57. The summed E-state index contributed by atoms with van der Waals surface area (Å²) >= 11 is 0. The fourth-order valence-electron chi connectivity index (χ4n) is 0.906. The van der Waals surface area contributed by atoms with Crippen LogP contribution in [-0.2, 0) is 19.1 Å². The lowest BCUT2D eigenvalue weighted by molar-refractivity contribution is -0.163. The number of hydrogen-bond donors (Lipinski definition) is 0. The van der Waals surface area contributed by atoms with Crippen LogP contribution in [0.15, 0.2) is 0 Å². The molecule has 0 N–H and O–H groups in total. The molecule has 0 aromatic rings. The first-order valence-electron chi connectivity index (χ1n) is 3.85. The Labute approximate surface area is 80.2 Å². The Morgan fingerprint density at radius 1 is 1.21 bits per heavy atom. The number of esters is 2. The molecule has 6 heteroatoms. The lowest BCUT2D eigenvalue weighted by Gasteiger charge is -2.16. The summed E-state index contributed by atoms with van der Waals surface area (Å²) in [4.78, 5) is 21.9. The van der Waals surface area contributed by atoms with Crippen LogP contribution in [0, 0.1) is 5.92 Å². The van der Waals surface area contributed by atoms with E-state index in [0.717, 1.165) is 14.2 Å². The van der Waals surface area contributed by atoms with Crippen molar-refractivity contribution in [3.8, 4) is 0 Å². The number of halogens is 2. The van der Waals surface area contributed by atoms with E-state index >= 15 is 0 Å². The molecular formula is C8H12F2O4. The zero-order chi connectivity index (χ0) is 11.4. The van der Waals surface area contributed by atoms with Crippen molar-refractivity contribution in [1.82, 2.24) is 0 Å². The quantitative estimate of drug-likeness (QED) is 0.513. The second-order valence-corrected chi connectivity index (χ2v) is 2.87. The summed E-state index contributed by atoms with van der Waals surface area (Å²) in [5.41, 5.74) is 0. The van der Waals surface area contributed by atoms with E-state index in [1.54, 1.807) is 0 Å². The molecular weight excluding hydrogens is 198 g/mol. The second kappa shape index (κ2) is 4.88. The summed E-state index contributed by atoms with van der Waals surface area (Å²) in [6, 6.07) is 0. The third kappa shape index (κ3) is 4.15. The molecule has 0 saturated carbocycles. The predicted octanol–water partition coefficient (Wildman–Crippen LogP) is 0.994. The van der Waals surface area contributed by atoms with Crippen molar-refractivity contribution in [1.29, 1.82) is 0 Å². The Bertz CT molecular complexity index is 206. The highest BCUT2D eigenvalue weighted by atomic mass is 19.3. The summed E-state index contributed by atoms with van der Waals surface area (Å²) in [5.74, 6) is -6.71. The fourth-order valence-corrected chi connectivity index (χ4v) is 0.906. The topological polar surface area (TPSA) is 52.6 Å². The zero-order valence-corrected chi connectivity index (χ0v) is 8.17. The minimum absolute atomic E-state index is 0.617. The summed E-state index contributed by atoms with van der Waals surface area (Å²) in [7, 11) is 2.04. The van der Waals surface area contributed by atoms with Gasteiger partial charge in [0.15, 0.2) is 5.92 Å². The van der Waals surface area contributed by atoms with Crippen LogP contribution in [0.2, 0.25) is 0 Å². The molecule has 0 aliphatic carbocycles. The molecule has 0 aliphatic rings. The Kier molecular flexibility index (Phi) is 4.46. The maximum absolute atomic E-state index is 12.6. The number of methoxy groups -OCH3 is 2. The van der Waals surface area contributed by atoms with Gasteiger partial charge in [-0.3, -0.25) is 9.59 Å². The molecule has 0 bridgehead atoms. The number of carbonyl (C=O) groups is 2. The Morgan fingerprint density at radius 3 is 1.79 bits per heavy atom. The average Bonchev–Trinajstić information content (AvgIpc) is 2.10. The van der Waals surface area contributed by atoms with Crippen LogP contribution in [-0.4, -0.2) is 32.1 Å². The lowest BCUT2D eigenvalue weighted by Crippen LogP contribution is -2.31. The van der Waals surface area contributed by atoms with Crippen LogP contribution in [0.5, 0.6) is 0 Å². The van der Waals surface area contributed by atoms with Gasteiger partial charge in [0.05, 0.1) is 14.2 Å². The number of alkyl halides is 2. The van der Waals surface area contributed by atoms with Crippen LogP contribution in [0.25, 0.3) is 0 Å². The molecule has 0 atom stereocenters. The first-order chi connectivity index (χ1) is 6.31. The highest BCUT2D eigenvalue weighted by Gasteiger charge is 2.37. The Hall–Kier alpha value is -1.20. The van der Waals surface area contributed by atoms with Gasteiger partial charge in [-0.05, 0) is 6.92 Å². The number of hydrogen-bond acceptors (Lipinski definition) is 4. The standard InChI is InChI=1S/C8H12F2O4/c1-8(9,10)4-5(6(11)13-2)7(12)14-3/h5H,4H2,1-3H3. The summed E-state index contributed by atoms with van der Waals surface area (Å²) < 4.78 is 33.5. The van der Waals surface area contributed by atoms with Crippen LogP contribution in [0.3, 0.4) is 0 Å². The van der Waals surface area contributed by atoms with E-state index in [1.165, 1.54) is 0 Å². The number of carbonyl (C=O) groups excluding carboxylic acids is 2. The van der Waals surface area contributed by atoms with Gasteiger partial charge in [0, 0.05) is 6.42 Å². The van der Waals surface area contributed by atoms with Crippen molar-refractivity contribution in [2.75, 3.05) is 14.2 Å². The minimum Gasteiger partial charge on any atom is -0.468 e. The van der Waals surface area contributed by atoms with E-state index < -0.39 is 30.2 Å². The van der Waals surface area contributed by atoms with Gasteiger partial charge in [0.25, 0.3) is 0 Å². The third-order valence-electron chi connectivity index (χ3n) is 1.53. The molecule has 0 amide bonds. The maximum Gasteiger partial charge on any atom is 0.320 e. The highest BCUT2D eigenvalue weighted by molar-refractivity contribution is 5.94. The van der Waals surface area contributed by atoms with Gasteiger partial charge in [-0.2, -0.15) is 0 Å². The van der Waals surface area contributed by atoms with E-state index in [-0.39, 0.29) is 0 Å². The normalized spacial score (nSPS) is 11.3. The van der Waals surface area contributed by atoms with Gasteiger partial charge in [0.1, 0.15) is 0 Å². The monoisotopic (exact) mass is 210 g/mol. The SMILES string of the molecule is COC(=O)C(CC(C)(F)F)C(=O)OC. The first-order valence-corrected chi connectivity index (χ1v) is 3.85. The van der Waals surface area contributed by atoms with E-state index in [1.807, 2.05) is 0 Å². The van der Waals surface area contributed by atoms with Crippen molar-refractivity contribution in [2.45, 2.75) is 19.3 Å². The highest BCUT2D eigenvalue weighted by Crippen LogP contribution is 2.24. The minimum atomic E-state index is -3.12. The summed E-state index contributed by atoms with van der Waals surface area (Å²) in [6.07, 6.45) is -0.910. The van der Waals surface area contributed by atoms with Gasteiger partial charge >= 0.3 is 11.9 Å². The fraction of sp³-hybridized carbons (Fsp3) is 0.750. The van der Waals surface area contributed by atoms with E-state index in [9.17, 15) is 18.4 Å². The molecule has 0 radical (unpaired) electrons. The van der Waals surface area contributed by atoms with Crippen molar-refractivity contribution in [3.63, 3.8) is 0 Å². The summed E-state index contributed by atoms with van der Waals surface area (Å²) in [6.45, 7) is 0.617. The molecule has 4 nitrogen and oxygen atoms in total. The molecule has 82 valence electrons. The molecule has 0 heterocycles. The predicted molar refractivity (Wildman–Crippen MR) is 42.8 cm³/mol. The van der Waals surface area contributed by atoms with E-state index in [4.69, 9.17) is 0 Å². The van der Waals surface area contributed by atoms with Crippen molar-refractivity contribution in [3.05, 3.63) is 0 Å². The average molecular weight is 210 g/mol. The lowest BCUT2D eigenvalue weighted by atomic mass is 10.0. The zero-order valence-electron chi connectivity index (χ0n) is 8.17. The van der Waals surface area contributed by atoms with E-state index in [2.05, 4.69) is 9.47 Å². The first kappa shape index (κ1) is 12.8. The molecule has 14 heavy (non-hydrogen) atoms. The van der Waals surface area contributed by atoms with Crippen LogP contribution >= 0.6 is 0 Å². The molecule has 0 fully saturated rings. The smallest absolute Gasteiger partial charge is 0.320 e. The van der Waals surface area contributed by atoms with Crippen LogP contribution in [0.1, 0.15) is 13.3 Å². The molecule has 0 aromatic heterocycles. The molecule has 0 rings (SSSR count). The molecule has 0 saturated heterocycles. The van der Waals surface area contributed by atoms with E-state index in [0.29, 0.717) is 6.92 Å². The largest absolute Gasteiger partial charge is 0.468 e. The van der Waals surface area contributed by atoms with Crippen molar-refractivity contribution in [2.24, 2.45) is 5.92 Å².